The number of benzene rings is 1. The number of sulfone groups is 1. The van der Waals surface area contributed by atoms with E-state index in [0.29, 0.717) is 25.2 Å². The second-order valence-electron chi connectivity index (χ2n) is 4.69. The summed E-state index contributed by atoms with van der Waals surface area (Å²) in [6.07, 6.45) is 0. The SMILES string of the molecule is N/C(=N/O)c1cccc(CN2CCS(=O)(=O)CC2)c1F. The van der Waals surface area contributed by atoms with Crippen molar-refractivity contribution in [2.24, 2.45) is 10.9 Å². The highest BCUT2D eigenvalue weighted by Crippen LogP contribution is 2.16. The van der Waals surface area contributed by atoms with E-state index < -0.39 is 15.7 Å². The molecule has 20 heavy (non-hydrogen) atoms. The molecule has 1 fully saturated rings. The number of nitrogens with two attached hydrogens (primary N) is 1. The van der Waals surface area contributed by atoms with E-state index in [-0.39, 0.29) is 22.9 Å². The highest BCUT2D eigenvalue weighted by molar-refractivity contribution is 7.91. The van der Waals surface area contributed by atoms with Crippen LogP contribution in [0.1, 0.15) is 11.1 Å². The van der Waals surface area contributed by atoms with E-state index in [1.807, 2.05) is 4.90 Å². The third kappa shape index (κ3) is 3.26. The average Bonchev–Trinajstić information content (AvgIpc) is 2.42. The molecule has 1 aliphatic rings. The van der Waals surface area contributed by atoms with Gasteiger partial charge >= 0.3 is 0 Å². The molecule has 0 bridgehead atoms. The van der Waals surface area contributed by atoms with Gasteiger partial charge in [-0.05, 0) is 6.07 Å². The van der Waals surface area contributed by atoms with E-state index in [1.165, 1.54) is 6.07 Å². The van der Waals surface area contributed by atoms with Crippen LogP contribution >= 0.6 is 0 Å². The van der Waals surface area contributed by atoms with E-state index in [9.17, 15) is 12.8 Å². The van der Waals surface area contributed by atoms with Gasteiger partial charge in [-0.25, -0.2) is 12.8 Å². The molecule has 0 amide bonds. The Morgan fingerprint density at radius 1 is 1.40 bits per heavy atom. The molecule has 3 N–H and O–H groups in total. The van der Waals surface area contributed by atoms with Gasteiger partial charge in [-0.2, -0.15) is 0 Å². The van der Waals surface area contributed by atoms with Gasteiger partial charge in [0.2, 0.25) is 0 Å². The number of hydrogen-bond donors (Lipinski definition) is 2. The number of amidine groups is 1. The van der Waals surface area contributed by atoms with Crippen molar-refractivity contribution in [2.75, 3.05) is 24.6 Å². The summed E-state index contributed by atoms with van der Waals surface area (Å²) in [5.74, 6) is -0.648. The smallest absolute Gasteiger partial charge is 0.173 e. The van der Waals surface area contributed by atoms with Gasteiger partial charge in [0.1, 0.15) is 5.82 Å². The number of halogens is 1. The Kier molecular flexibility index (Phi) is 4.24. The molecule has 0 radical (unpaired) electrons. The fourth-order valence-electron chi connectivity index (χ4n) is 2.10. The van der Waals surface area contributed by atoms with Gasteiger partial charge in [0.15, 0.2) is 15.7 Å². The van der Waals surface area contributed by atoms with Crippen molar-refractivity contribution in [3.05, 3.63) is 35.1 Å². The summed E-state index contributed by atoms with van der Waals surface area (Å²) < 4.78 is 36.9. The van der Waals surface area contributed by atoms with E-state index in [0.717, 1.165) is 0 Å². The predicted molar refractivity (Wildman–Crippen MR) is 72.8 cm³/mol. The minimum atomic E-state index is -2.95. The van der Waals surface area contributed by atoms with Gasteiger partial charge in [0, 0.05) is 25.2 Å². The quantitative estimate of drug-likeness (QED) is 0.358. The van der Waals surface area contributed by atoms with E-state index >= 15 is 0 Å². The van der Waals surface area contributed by atoms with Crippen LogP contribution in [0.15, 0.2) is 23.4 Å². The van der Waals surface area contributed by atoms with Crippen LogP contribution in [-0.2, 0) is 16.4 Å². The van der Waals surface area contributed by atoms with E-state index in [1.54, 1.807) is 12.1 Å². The molecule has 2 rings (SSSR count). The van der Waals surface area contributed by atoms with Crippen molar-refractivity contribution >= 4 is 15.7 Å². The van der Waals surface area contributed by atoms with Crippen molar-refractivity contribution < 1.29 is 18.0 Å². The predicted octanol–water partition coefficient (Wildman–Crippen LogP) is 0.151. The monoisotopic (exact) mass is 301 g/mol. The van der Waals surface area contributed by atoms with Crippen LogP contribution in [0.3, 0.4) is 0 Å². The van der Waals surface area contributed by atoms with Crippen LogP contribution in [0, 0.1) is 5.82 Å². The lowest BCUT2D eigenvalue weighted by molar-refractivity contribution is 0.283. The van der Waals surface area contributed by atoms with Gasteiger partial charge in [-0.3, -0.25) is 4.90 Å². The lowest BCUT2D eigenvalue weighted by Gasteiger charge is -2.26. The van der Waals surface area contributed by atoms with Crippen molar-refractivity contribution in [3.63, 3.8) is 0 Å². The highest BCUT2D eigenvalue weighted by Gasteiger charge is 2.22. The lowest BCUT2D eigenvalue weighted by atomic mass is 10.1. The van der Waals surface area contributed by atoms with Gasteiger partial charge in [-0.15, -0.1) is 0 Å². The summed E-state index contributed by atoms with van der Waals surface area (Å²) in [5.41, 5.74) is 5.83. The zero-order valence-electron chi connectivity index (χ0n) is 10.8. The summed E-state index contributed by atoms with van der Waals surface area (Å²) in [5, 5.41) is 11.4. The molecule has 8 heteroatoms. The topological polar surface area (TPSA) is 96.0 Å². The molecule has 0 unspecified atom stereocenters. The normalized spacial score (nSPS) is 19.9. The number of nitrogens with zero attached hydrogens (tertiary/aromatic N) is 2. The summed E-state index contributed by atoms with van der Waals surface area (Å²) in [7, 11) is -2.95. The molecular formula is C12H16FN3O3S. The largest absolute Gasteiger partial charge is 0.409 e. The highest BCUT2D eigenvalue weighted by atomic mass is 32.2. The minimum Gasteiger partial charge on any atom is -0.409 e. The van der Waals surface area contributed by atoms with Gasteiger partial charge in [0.25, 0.3) is 0 Å². The van der Waals surface area contributed by atoms with Crippen molar-refractivity contribution in [2.45, 2.75) is 6.54 Å². The maximum atomic E-state index is 14.2. The second kappa shape index (κ2) is 5.76. The molecule has 1 saturated heterocycles. The Bertz CT molecular complexity index is 617. The second-order valence-corrected chi connectivity index (χ2v) is 7.00. The fourth-order valence-corrected chi connectivity index (χ4v) is 3.38. The number of rotatable bonds is 3. The van der Waals surface area contributed by atoms with Crippen LogP contribution in [0.2, 0.25) is 0 Å². The van der Waals surface area contributed by atoms with Crippen molar-refractivity contribution in [1.82, 2.24) is 4.90 Å². The fraction of sp³-hybridized carbons (Fsp3) is 0.417. The molecule has 110 valence electrons. The first-order valence-corrected chi connectivity index (χ1v) is 7.93. The Labute approximate surface area is 116 Å². The molecule has 0 aliphatic carbocycles. The number of hydrogen-bond acceptors (Lipinski definition) is 5. The Hall–Kier alpha value is -1.67. The molecular weight excluding hydrogens is 285 g/mol. The maximum Gasteiger partial charge on any atom is 0.173 e. The molecule has 0 spiro atoms. The van der Waals surface area contributed by atoms with Crippen molar-refractivity contribution in [1.29, 1.82) is 0 Å². The molecule has 0 saturated carbocycles. The maximum absolute atomic E-state index is 14.2. The first-order valence-electron chi connectivity index (χ1n) is 6.11. The molecule has 6 nitrogen and oxygen atoms in total. The molecule has 1 aliphatic heterocycles. The first-order chi connectivity index (χ1) is 9.43. The number of oxime groups is 1. The molecule has 1 aromatic carbocycles. The van der Waals surface area contributed by atoms with Crippen LogP contribution in [0.5, 0.6) is 0 Å². The summed E-state index contributed by atoms with van der Waals surface area (Å²) in [6.45, 7) is 1.07. The van der Waals surface area contributed by atoms with Crippen LogP contribution < -0.4 is 5.73 Å². The molecule has 1 heterocycles. The molecule has 0 atom stereocenters. The standard InChI is InChI=1S/C12H16FN3O3S/c13-11-9(2-1-3-10(11)12(14)15-17)8-16-4-6-20(18,19)7-5-16/h1-3,17H,4-8H2,(H2,14,15). The third-order valence-corrected chi connectivity index (χ3v) is 4.90. The van der Waals surface area contributed by atoms with E-state index in [2.05, 4.69) is 5.16 Å². The van der Waals surface area contributed by atoms with Crippen LogP contribution in [-0.4, -0.2) is 49.0 Å². The van der Waals surface area contributed by atoms with Gasteiger partial charge < -0.3 is 10.9 Å². The Balaban J connectivity index is 2.15. The van der Waals surface area contributed by atoms with Crippen LogP contribution in [0.25, 0.3) is 0 Å². The Morgan fingerprint density at radius 2 is 2.05 bits per heavy atom. The Morgan fingerprint density at radius 3 is 2.65 bits per heavy atom. The third-order valence-electron chi connectivity index (χ3n) is 3.29. The zero-order valence-corrected chi connectivity index (χ0v) is 11.6. The van der Waals surface area contributed by atoms with E-state index in [4.69, 9.17) is 10.9 Å². The zero-order chi connectivity index (χ0) is 14.8. The van der Waals surface area contributed by atoms with Crippen molar-refractivity contribution in [3.8, 4) is 0 Å². The minimum absolute atomic E-state index is 0.0367. The van der Waals surface area contributed by atoms with Crippen LogP contribution in [0.4, 0.5) is 4.39 Å². The molecule has 0 aromatic heterocycles. The summed E-state index contributed by atoms with van der Waals surface area (Å²) in [4.78, 5) is 1.87. The van der Waals surface area contributed by atoms with Gasteiger partial charge in [-0.1, -0.05) is 17.3 Å². The van der Waals surface area contributed by atoms with Gasteiger partial charge in [0.05, 0.1) is 17.1 Å². The average molecular weight is 301 g/mol. The molecule has 1 aromatic rings. The first kappa shape index (κ1) is 14.7. The summed E-state index contributed by atoms with van der Waals surface area (Å²) >= 11 is 0. The lowest BCUT2D eigenvalue weighted by Crippen LogP contribution is -2.39. The summed E-state index contributed by atoms with van der Waals surface area (Å²) in [6, 6.07) is 4.65.